The molecule has 8 heteroatoms. The van der Waals surface area contributed by atoms with Gasteiger partial charge in [-0.25, -0.2) is 4.79 Å². The van der Waals surface area contributed by atoms with Crippen LogP contribution in [0.25, 0.3) is 0 Å². The average Bonchev–Trinajstić information content (AvgIpc) is 3.02. The molecule has 1 saturated heterocycles. The third-order valence-electron chi connectivity index (χ3n) is 8.87. The highest BCUT2D eigenvalue weighted by atomic mass is 28.4. The fourth-order valence-electron chi connectivity index (χ4n) is 5.76. The maximum Gasteiger partial charge on any atom is 0.341 e. The first-order valence-electron chi connectivity index (χ1n) is 10.7. The molecule has 1 unspecified atom stereocenters. The van der Waals surface area contributed by atoms with Crippen molar-refractivity contribution in [3.63, 3.8) is 0 Å². The fraction of sp³-hybridized carbons (Fsp3) is 0.864. The Balaban J connectivity index is 2.16. The molecule has 0 bridgehead atoms. The maximum atomic E-state index is 12.9. The minimum Gasteiger partial charge on any atom is -0.469 e. The van der Waals surface area contributed by atoms with Gasteiger partial charge in [-0.3, -0.25) is 9.59 Å². The zero-order valence-corrected chi connectivity index (χ0v) is 20.5. The first-order valence-corrected chi connectivity index (χ1v) is 13.6. The SMILES string of the molecule is COC(=O)C[C@@]12C[C@@H](O[Si](C)(C)C(C)(C)C)[C@@]3(O)C(=O)OC[C@@]3(C)C1CC(=O)[C@@H]2C. The molecule has 1 aliphatic heterocycles. The van der Waals surface area contributed by atoms with Crippen LogP contribution >= 0.6 is 0 Å². The van der Waals surface area contributed by atoms with Crippen LogP contribution in [0.2, 0.25) is 18.1 Å². The van der Waals surface area contributed by atoms with Crippen molar-refractivity contribution in [2.75, 3.05) is 13.7 Å². The summed E-state index contributed by atoms with van der Waals surface area (Å²) in [7, 11) is -1.06. The van der Waals surface area contributed by atoms with Gasteiger partial charge in [0.15, 0.2) is 13.9 Å². The Labute approximate surface area is 180 Å². The highest BCUT2D eigenvalue weighted by Gasteiger charge is 2.77. The van der Waals surface area contributed by atoms with Crippen molar-refractivity contribution in [3.05, 3.63) is 0 Å². The summed E-state index contributed by atoms with van der Waals surface area (Å²) in [6, 6.07) is 0. The molecular weight excluding hydrogens is 404 g/mol. The summed E-state index contributed by atoms with van der Waals surface area (Å²) < 4.78 is 17.0. The quantitative estimate of drug-likeness (QED) is 0.530. The van der Waals surface area contributed by atoms with Gasteiger partial charge in [0.2, 0.25) is 0 Å². The molecule has 2 saturated carbocycles. The molecule has 2 aliphatic carbocycles. The lowest BCUT2D eigenvalue weighted by Crippen LogP contribution is -2.69. The minimum absolute atomic E-state index is 0.00723. The Morgan fingerprint density at radius 3 is 2.43 bits per heavy atom. The summed E-state index contributed by atoms with van der Waals surface area (Å²) in [6.45, 7) is 14.1. The Morgan fingerprint density at radius 1 is 1.30 bits per heavy atom. The van der Waals surface area contributed by atoms with Crippen molar-refractivity contribution in [1.29, 1.82) is 0 Å². The fourth-order valence-corrected chi connectivity index (χ4v) is 7.08. The lowest BCUT2D eigenvalue weighted by Gasteiger charge is -2.58. The number of hydrogen-bond acceptors (Lipinski definition) is 7. The number of ketones is 1. The molecule has 0 aromatic heterocycles. The van der Waals surface area contributed by atoms with Gasteiger partial charge >= 0.3 is 11.9 Å². The lowest BCUT2D eigenvalue weighted by atomic mass is 9.48. The van der Waals surface area contributed by atoms with Gasteiger partial charge in [0, 0.05) is 17.8 Å². The number of fused-ring (bicyclic) bond motifs is 3. The van der Waals surface area contributed by atoms with E-state index < -0.39 is 48.7 Å². The van der Waals surface area contributed by atoms with E-state index in [4.69, 9.17) is 13.9 Å². The van der Waals surface area contributed by atoms with Crippen LogP contribution in [-0.4, -0.2) is 56.6 Å². The molecule has 0 amide bonds. The summed E-state index contributed by atoms with van der Waals surface area (Å²) >= 11 is 0. The molecule has 0 radical (unpaired) electrons. The van der Waals surface area contributed by atoms with Crippen molar-refractivity contribution < 1.29 is 33.4 Å². The van der Waals surface area contributed by atoms with Gasteiger partial charge in [0.25, 0.3) is 0 Å². The second-order valence-corrected chi connectivity index (χ2v) is 16.0. The standard InChI is InChI=1S/C22H36O7Si/c1-13-14(23)9-15-20(5)12-28-18(25)22(20,26)16(29-30(7,8)19(2,3)4)10-21(13,15)11-17(24)27-6/h13,15-16,26H,9-12H2,1-8H3/t13-,15?,16+,20-,21+,22+/m0/s1. The van der Waals surface area contributed by atoms with E-state index in [1.54, 1.807) is 6.92 Å². The first kappa shape index (κ1) is 23.4. The number of ether oxygens (including phenoxy) is 2. The van der Waals surface area contributed by atoms with E-state index in [-0.39, 0.29) is 42.6 Å². The van der Waals surface area contributed by atoms with Crippen molar-refractivity contribution in [2.45, 2.75) is 83.7 Å². The Bertz CT molecular complexity index is 772. The molecule has 1 N–H and O–H groups in total. The van der Waals surface area contributed by atoms with E-state index >= 15 is 0 Å². The summed E-state index contributed by atoms with van der Waals surface area (Å²) in [6.07, 6.45) is -0.348. The number of carbonyl (C=O) groups is 3. The van der Waals surface area contributed by atoms with E-state index in [1.807, 2.05) is 6.92 Å². The number of carbonyl (C=O) groups excluding carboxylic acids is 3. The van der Waals surface area contributed by atoms with E-state index in [0.29, 0.717) is 0 Å². The first-order chi connectivity index (χ1) is 13.6. The van der Waals surface area contributed by atoms with Crippen LogP contribution in [-0.2, 0) is 28.3 Å². The predicted octanol–water partition coefficient (Wildman–Crippen LogP) is 2.85. The zero-order chi connectivity index (χ0) is 22.9. The van der Waals surface area contributed by atoms with Crippen LogP contribution < -0.4 is 0 Å². The molecular formula is C22H36O7Si. The number of rotatable bonds is 4. The monoisotopic (exact) mass is 440 g/mol. The summed E-state index contributed by atoms with van der Waals surface area (Å²) in [5.41, 5.74) is -3.62. The number of Topliss-reactive ketones (excluding diaryl/α,β-unsaturated/α-hetero) is 1. The van der Waals surface area contributed by atoms with Gasteiger partial charge < -0.3 is 19.0 Å². The van der Waals surface area contributed by atoms with Crippen LogP contribution in [0.4, 0.5) is 0 Å². The summed E-state index contributed by atoms with van der Waals surface area (Å²) in [4.78, 5) is 38.2. The van der Waals surface area contributed by atoms with Gasteiger partial charge in [-0.2, -0.15) is 0 Å². The average molecular weight is 441 g/mol. The van der Waals surface area contributed by atoms with E-state index in [1.165, 1.54) is 7.11 Å². The molecule has 6 atom stereocenters. The summed E-state index contributed by atoms with van der Waals surface area (Å²) in [5.74, 6) is -1.81. The third kappa shape index (κ3) is 2.93. The summed E-state index contributed by atoms with van der Waals surface area (Å²) in [5, 5.41) is 11.7. The van der Waals surface area contributed by atoms with Crippen molar-refractivity contribution in [1.82, 2.24) is 0 Å². The van der Waals surface area contributed by atoms with Crippen LogP contribution in [0.1, 0.15) is 53.9 Å². The lowest BCUT2D eigenvalue weighted by molar-refractivity contribution is -0.213. The molecule has 0 aromatic carbocycles. The van der Waals surface area contributed by atoms with E-state index in [9.17, 15) is 19.5 Å². The smallest absolute Gasteiger partial charge is 0.341 e. The molecule has 3 rings (SSSR count). The predicted molar refractivity (Wildman–Crippen MR) is 112 cm³/mol. The molecule has 3 fully saturated rings. The van der Waals surface area contributed by atoms with Gasteiger partial charge in [0.05, 0.1) is 19.6 Å². The normalized spacial score (nSPS) is 41.3. The van der Waals surface area contributed by atoms with E-state index in [2.05, 4.69) is 33.9 Å². The molecule has 3 aliphatic rings. The van der Waals surface area contributed by atoms with Crippen LogP contribution in [0.5, 0.6) is 0 Å². The number of esters is 2. The maximum absolute atomic E-state index is 12.9. The highest BCUT2D eigenvalue weighted by molar-refractivity contribution is 6.74. The third-order valence-corrected chi connectivity index (χ3v) is 13.4. The van der Waals surface area contributed by atoms with Crippen LogP contribution in [0.15, 0.2) is 0 Å². The van der Waals surface area contributed by atoms with Crippen LogP contribution in [0.3, 0.4) is 0 Å². The molecule has 1 heterocycles. The number of hydrogen-bond donors (Lipinski definition) is 1. The van der Waals surface area contributed by atoms with Crippen molar-refractivity contribution in [3.8, 4) is 0 Å². The topological polar surface area (TPSA) is 99.1 Å². The van der Waals surface area contributed by atoms with E-state index in [0.717, 1.165) is 0 Å². The Kier molecular flexibility index (Phi) is 5.36. The van der Waals surface area contributed by atoms with Gasteiger partial charge in [-0.1, -0.05) is 34.6 Å². The zero-order valence-electron chi connectivity index (χ0n) is 19.5. The Hall–Kier alpha value is -1.25. The number of aliphatic hydroxyl groups is 1. The van der Waals surface area contributed by atoms with Crippen LogP contribution in [0, 0.1) is 22.7 Å². The largest absolute Gasteiger partial charge is 0.469 e. The highest BCUT2D eigenvalue weighted by Crippen LogP contribution is 2.67. The van der Waals surface area contributed by atoms with Gasteiger partial charge in [0.1, 0.15) is 12.4 Å². The molecule has 7 nitrogen and oxygen atoms in total. The molecule has 170 valence electrons. The van der Waals surface area contributed by atoms with Gasteiger partial charge in [-0.15, -0.1) is 0 Å². The second-order valence-electron chi connectivity index (χ2n) is 11.3. The van der Waals surface area contributed by atoms with Crippen molar-refractivity contribution >= 4 is 26.0 Å². The molecule has 30 heavy (non-hydrogen) atoms. The van der Waals surface area contributed by atoms with Crippen molar-refractivity contribution in [2.24, 2.45) is 22.7 Å². The molecule has 0 spiro atoms. The van der Waals surface area contributed by atoms with Gasteiger partial charge in [-0.05, 0) is 35.9 Å². The number of methoxy groups -OCH3 is 1. The minimum atomic E-state index is -2.39. The molecule has 0 aromatic rings. The number of cyclic esters (lactones) is 1. The second kappa shape index (κ2) is 6.87. The Morgan fingerprint density at radius 2 is 1.90 bits per heavy atom.